The molecule has 1 heterocycles. The van der Waals surface area contributed by atoms with Crippen LogP contribution in [0.25, 0.3) is 0 Å². The first-order valence-corrected chi connectivity index (χ1v) is 7.01. The summed E-state index contributed by atoms with van der Waals surface area (Å²) in [6, 6.07) is 0. The lowest BCUT2D eigenvalue weighted by atomic mass is 10.2. The van der Waals surface area contributed by atoms with Crippen molar-refractivity contribution in [2.45, 2.75) is 32.4 Å². The fourth-order valence-electron chi connectivity index (χ4n) is 3.08. The van der Waals surface area contributed by atoms with Crippen LogP contribution in [-0.2, 0) is 0 Å². The van der Waals surface area contributed by atoms with Crippen molar-refractivity contribution >= 4 is 0 Å². The Bertz CT molecular complexity index is 255. The molecule has 2 fully saturated rings. The van der Waals surface area contributed by atoms with Crippen molar-refractivity contribution in [2.24, 2.45) is 17.8 Å². The number of piperidine rings is 1. The van der Waals surface area contributed by atoms with Crippen molar-refractivity contribution in [3.05, 3.63) is 0 Å². The topological polar surface area (TPSA) is 15.3 Å². The maximum Gasteiger partial charge on any atom is 0.390 e. The third kappa shape index (κ3) is 3.85. The Morgan fingerprint density at radius 1 is 1.22 bits per heavy atom. The van der Waals surface area contributed by atoms with Gasteiger partial charge in [0.1, 0.15) is 0 Å². The molecule has 2 rings (SSSR count). The third-order valence-electron chi connectivity index (χ3n) is 4.25. The average Bonchev–Trinajstić information content (AvgIpc) is 2.74. The molecule has 1 aliphatic heterocycles. The van der Waals surface area contributed by atoms with E-state index in [0.29, 0.717) is 11.8 Å². The number of likely N-dealkylation sites (tertiary alicyclic amines) is 1. The number of hydrogen-bond donors (Lipinski definition) is 1. The molecule has 2 aliphatic rings. The minimum Gasteiger partial charge on any atom is -0.316 e. The van der Waals surface area contributed by atoms with E-state index >= 15 is 0 Å². The Kier molecular flexibility index (Phi) is 4.54. The van der Waals surface area contributed by atoms with Gasteiger partial charge in [0.05, 0.1) is 6.42 Å². The highest BCUT2D eigenvalue weighted by molar-refractivity contribution is 5.05. The van der Waals surface area contributed by atoms with Crippen molar-refractivity contribution in [2.75, 3.05) is 32.7 Å². The number of hydrogen-bond acceptors (Lipinski definition) is 2. The van der Waals surface area contributed by atoms with Crippen LogP contribution in [0.1, 0.15) is 26.2 Å². The molecule has 1 saturated heterocycles. The molecule has 2 atom stereocenters. The number of nitrogens with zero attached hydrogens (tertiary/aromatic N) is 1. The fourth-order valence-corrected chi connectivity index (χ4v) is 3.08. The highest BCUT2D eigenvalue weighted by atomic mass is 19.4. The van der Waals surface area contributed by atoms with Gasteiger partial charge in [0.2, 0.25) is 0 Å². The summed E-state index contributed by atoms with van der Waals surface area (Å²) >= 11 is 0. The summed E-state index contributed by atoms with van der Waals surface area (Å²) in [5.41, 5.74) is 0. The molecule has 0 bridgehead atoms. The second-order valence-electron chi connectivity index (χ2n) is 5.67. The Balaban J connectivity index is 1.55. The van der Waals surface area contributed by atoms with Gasteiger partial charge in [-0.15, -0.1) is 0 Å². The second kappa shape index (κ2) is 5.78. The number of rotatable bonds is 7. The van der Waals surface area contributed by atoms with Gasteiger partial charge in [0.25, 0.3) is 0 Å². The predicted octanol–water partition coefficient (Wildman–Crippen LogP) is 2.51. The van der Waals surface area contributed by atoms with Crippen LogP contribution in [0.2, 0.25) is 0 Å². The summed E-state index contributed by atoms with van der Waals surface area (Å²) < 4.78 is 36.3. The first-order valence-electron chi connectivity index (χ1n) is 7.01. The van der Waals surface area contributed by atoms with Crippen molar-refractivity contribution in [1.82, 2.24) is 10.2 Å². The molecule has 0 aromatic heterocycles. The van der Waals surface area contributed by atoms with E-state index in [4.69, 9.17) is 0 Å². The molecule has 0 amide bonds. The molecular formula is C13H23F3N2. The molecule has 2 nitrogen and oxygen atoms in total. The molecule has 1 aliphatic carbocycles. The van der Waals surface area contributed by atoms with Crippen LogP contribution >= 0.6 is 0 Å². The molecule has 0 aromatic rings. The molecule has 0 spiro atoms. The molecule has 5 heteroatoms. The Labute approximate surface area is 107 Å². The van der Waals surface area contributed by atoms with Crippen LogP contribution in [0, 0.1) is 17.8 Å². The van der Waals surface area contributed by atoms with Crippen LogP contribution in [0.15, 0.2) is 0 Å². The van der Waals surface area contributed by atoms with E-state index in [-0.39, 0.29) is 6.54 Å². The number of alkyl halides is 3. The van der Waals surface area contributed by atoms with E-state index in [2.05, 4.69) is 12.2 Å². The molecule has 1 N–H and O–H groups in total. The van der Waals surface area contributed by atoms with Crippen molar-refractivity contribution < 1.29 is 13.2 Å². The van der Waals surface area contributed by atoms with Gasteiger partial charge >= 0.3 is 6.18 Å². The minimum atomic E-state index is -4.01. The highest BCUT2D eigenvalue weighted by Gasteiger charge is 2.54. The standard InChI is InChI=1S/C13H23F3N2/c1-2-3-5-17-7-10-11-8-18(9-12(10)11)6-4-13(14,15)16/h10-12,17H,2-9H2,1H3. The smallest absolute Gasteiger partial charge is 0.316 e. The largest absolute Gasteiger partial charge is 0.390 e. The van der Waals surface area contributed by atoms with E-state index in [1.807, 2.05) is 4.90 Å². The summed E-state index contributed by atoms with van der Waals surface area (Å²) in [5, 5.41) is 3.45. The molecular weight excluding hydrogens is 241 g/mol. The number of nitrogens with one attached hydrogen (secondary N) is 1. The summed E-state index contributed by atoms with van der Waals surface area (Å²) in [5.74, 6) is 2.05. The van der Waals surface area contributed by atoms with Crippen molar-refractivity contribution in [3.8, 4) is 0 Å². The first-order chi connectivity index (χ1) is 8.51. The van der Waals surface area contributed by atoms with Gasteiger partial charge in [-0.05, 0) is 37.3 Å². The second-order valence-corrected chi connectivity index (χ2v) is 5.67. The summed E-state index contributed by atoms with van der Waals surface area (Å²) in [4.78, 5) is 1.98. The van der Waals surface area contributed by atoms with Crippen molar-refractivity contribution in [3.63, 3.8) is 0 Å². The Morgan fingerprint density at radius 3 is 2.44 bits per heavy atom. The average molecular weight is 264 g/mol. The molecule has 2 unspecified atom stereocenters. The lowest BCUT2D eigenvalue weighted by Crippen LogP contribution is -2.31. The Hall–Kier alpha value is -0.290. The Morgan fingerprint density at radius 2 is 1.89 bits per heavy atom. The molecule has 106 valence electrons. The molecule has 18 heavy (non-hydrogen) atoms. The lowest BCUT2D eigenvalue weighted by molar-refractivity contribution is -0.137. The molecule has 1 saturated carbocycles. The van der Waals surface area contributed by atoms with Crippen molar-refractivity contribution in [1.29, 1.82) is 0 Å². The monoisotopic (exact) mass is 264 g/mol. The van der Waals surface area contributed by atoms with Gasteiger partial charge in [-0.2, -0.15) is 13.2 Å². The number of halogens is 3. The summed E-state index contributed by atoms with van der Waals surface area (Å²) in [6.07, 6.45) is -2.25. The maximum absolute atomic E-state index is 12.1. The van der Waals surface area contributed by atoms with Gasteiger partial charge in [0.15, 0.2) is 0 Å². The van der Waals surface area contributed by atoms with Crippen LogP contribution in [0.5, 0.6) is 0 Å². The normalized spacial score (nSPS) is 31.7. The van der Waals surface area contributed by atoms with E-state index in [1.54, 1.807) is 0 Å². The third-order valence-corrected chi connectivity index (χ3v) is 4.25. The molecule has 0 aromatic carbocycles. The highest BCUT2D eigenvalue weighted by Crippen LogP contribution is 2.51. The van der Waals surface area contributed by atoms with Gasteiger partial charge in [-0.3, -0.25) is 0 Å². The van der Waals surface area contributed by atoms with Crippen LogP contribution in [0.4, 0.5) is 13.2 Å². The predicted molar refractivity (Wildman–Crippen MR) is 65.4 cm³/mol. The quantitative estimate of drug-likeness (QED) is 0.711. The maximum atomic E-state index is 12.1. The number of unbranched alkanes of at least 4 members (excludes halogenated alkanes) is 1. The zero-order valence-electron chi connectivity index (χ0n) is 11.0. The van der Waals surface area contributed by atoms with E-state index < -0.39 is 12.6 Å². The first kappa shape index (κ1) is 14.1. The fraction of sp³-hybridized carbons (Fsp3) is 1.00. The summed E-state index contributed by atoms with van der Waals surface area (Å²) in [6.45, 7) is 6.24. The van der Waals surface area contributed by atoms with Gasteiger partial charge < -0.3 is 10.2 Å². The van der Waals surface area contributed by atoms with Gasteiger partial charge in [-0.1, -0.05) is 13.3 Å². The zero-order valence-corrected chi connectivity index (χ0v) is 11.0. The van der Waals surface area contributed by atoms with Gasteiger partial charge in [0, 0.05) is 19.6 Å². The van der Waals surface area contributed by atoms with E-state index in [1.165, 1.54) is 12.8 Å². The minimum absolute atomic E-state index is 0.187. The van der Waals surface area contributed by atoms with Crippen LogP contribution in [-0.4, -0.2) is 43.8 Å². The zero-order chi connectivity index (χ0) is 13.2. The lowest BCUT2D eigenvalue weighted by Gasteiger charge is -2.20. The van der Waals surface area contributed by atoms with Crippen LogP contribution in [0.3, 0.4) is 0 Å². The van der Waals surface area contributed by atoms with E-state index in [0.717, 1.165) is 32.1 Å². The number of fused-ring (bicyclic) bond motifs is 1. The molecule has 0 radical (unpaired) electrons. The van der Waals surface area contributed by atoms with Gasteiger partial charge in [-0.25, -0.2) is 0 Å². The van der Waals surface area contributed by atoms with E-state index in [9.17, 15) is 13.2 Å². The summed E-state index contributed by atoms with van der Waals surface area (Å²) in [7, 11) is 0. The van der Waals surface area contributed by atoms with Crippen LogP contribution < -0.4 is 5.32 Å². The SMILES string of the molecule is CCCCNCC1C2CN(CCC(F)(F)F)CC12.